The van der Waals surface area contributed by atoms with Crippen molar-refractivity contribution in [1.29, 1.82) is 0 Å². The smallest absolute Gasteiger partial charge is 0.412 e. The second-order valence-corrected chi connectivity index (χ2v) is 9.88. The molecule has 0 spiro atoms. The van der Waals surface area contributed by atoms with E-state index in [0.29, 0.717) is 10.8 Å². The normalized spacial score (nSPS) is 11.2. The number of thiazole rings is 1. The van der Waals surface area contributed by atoms with Crippen molar-refractivity contribution in [3.05, 3.63) is 71.2 Å². The average molecular weight is 505 g/mol. The lowest BCUT2D eigenvalue weighted by Crippen LogP contribution is -2.27. The molecule has 4 rings (SSSR count). The van der Waals surface area contributed by atoms with Gasteiger partial charge in [-0.05, 0) is 46.8 Å². The number of aromatic nitrogens is 3. The van der Waals surface area contributed by atoms with E-state index in [1.807, 2.05) is 82.3 Å². The zero-order valence-corrected chi connectivity index (χ0v) is 21.7. The number of nitrogens with zero attached hydrogens (tertiary/aromatic N) is 3. The van der Waals surface area contributed by atoms with E-state index in [4.69, 9.17) is 14.6 Å². The first-order valence-electron chi connectivity index (χ1n) is 11.5. The molecular formula is C27H28N4O4S. The molecule has 4 aromatic rings. The molecule has 1 amide bonds. The second kappa shape index (κ2) is 10.3. The summed E-state index contributed by atoms with van der Waals surface area (Å²) in [5.74, 6) is -0.466. The molecule has 0 bridgehead atoms. The van der Waals surface area contributed by atoms with Crippen LogP contribution in [0.1, 0.15) is 43.7 Å². The summed E-state index contributed by atoms with van der Waals surface area (Å²) in [7, 11) is 0. The summed E-state index contributed by atoms with van der Waals surface area (Å²) in [6, 6.07) is 17.3. The summed E-state index contributed by atoms with van der Waals surface area (Å²) >= 11 is 1.31. The van der Waals surface area contributed by atoms with Crippen molar-refractivity contribution in [3.63, 3.8) is 0 Å². The summed E-state index contributed by atoms with van der Waals surface area (Å²) in [4.78, 5) is 28.8. The van der Waals surface area contributed by atoms with Crippen LogP contribution in [0.4, 0.5) is 10.5 Å². The van der Waals surface area contributed by atoms with Crippen LogP contribution in [0.25, 0.3) is 27.6 Å². The fourth-order valence-corrected chi connectivity index (χ4v) is 4.39. The number of rotatable bonds is 6. The van der Waals surface area contributed by atoms with Crippen molar-refractivity contribution in [1.82, 2.24) is 14.8 Å². The molecule has 36 heavy (non-hydrogen) atoms. The van der Waals surface area contributed by atoms with E-state index in [-0.39, 0.29) is 12.3 Å². The first kappa shape index (κ1) is 25.1. The molecule has 2 aromatic carbocycles. The van der Waals surface area contributed by atoms with E-state index in [1.165, 1.54) is 11.3 Å². The van der Waals surface area contributed by atoms with Gasteiger partial charge in [0.25, 0.3) is 0 Å². The van der Waals surface area contributed by atoms with Gasteiger partial charge in [0.05, 0.1) is 18.0 Å². The minimum Gasteiger partial charge on any atom is -0.461 e. The summed E-state index contributed by atoms with van der Waals surface area (Å²) in [5.41, 5.74) is 4.73. The molecule has 0 saturated carbocycles. The van der Waals surface area contributed by atoms with Gasteiger partial charge in [0.2, 0.25) is 5.13 Å². The van der Waals surface area contributed by atoms with Crippen molar-refractivity contribution in [2.45, 2.75) is 40.2 Å². The molecule has 0 aliphatic carbocycles. The lowest BCUT2D eigenvalue weighted by atomic mass is 10.0. The minimum absolute atomic E-state index is 0.245. The molecule has 0 aliphatic heterocycles. The van der Waals surface area contributed by atoms with Crippen molar-refractivity contribution in [2.75, 3.05) is 11.9 Å². The Hall–Kier alpha value is -3.98. The Balaban J connectivity index is 1.73. The highest BCUT2D eigenvalue weighted by molar-refractivity contribution is 7.12. The fraction of sp³-hybridized carbons (Fsp3) is 0.259. The van der Waals surface area contributed by atoms with Crippen LogP contribution in [0.3, 0.4) is 0 Å². The van der Waals surface area contributed by atoms with Crippen molar-refractivity contribution < 1.29 is 19.1 Å². The molecule has 0 fully saturated rings. The number of ether oxygens (including phenoxy) is 2. The highest BCUT2D eigenvalue weighted by Crippen LogP contribution is 2.35. The molecule has 9 heteroatoms. The largest absolute Gasteiger partial charge is 0.461 e. The summed E-state index contributed by atoms with van der Waals surface area (Å²) in [5, 5.41) is 9.85. The van der Waals surface area contributed by atoms with Crippen LogP contribution in [-0.4, -0.2) is 39.0 Å². The Morgan fingerprint density at radius 1 is 1.03 bits per heavy atom. The molecule has 1 N–H and O–H groups in total. The fourth-order valence-electron chi connectivity index (χ4n) is 3.64. The van der Waals surface area contributed by atoms with Crippen LogP contribution in [0.5, 0.6) is 0 Å². The van der Waals surface area contributed by atoms with E-state index in [1.54, 1.807) is 17.0 Å². The molecule has 0 aliphatic rings. The highest BCUT2D eigenvalue weighted by atomic mass is 32.1. The van der Waals surface area contributed by atoms with Crippen LogP contribution in [0.15, 0.2) is 60.0 Å². The third kappa shape index (κ3) is 5.63. The SMILES string of the molecule is CCOC(=O)c1csc(-n2nc(-c3ccccc3)c(C)c2-c2ccc(NC(=O)OC(C)(C)C)cc2)n1. The van der Waals surface area contributed by atoms with Crippen molar-refractivity contribution in [2.24, 2.45) is 0 Å². The van der Waals surface area contributed by atoms with Gasteiger partial charge >= 0.3 is 12.1 Å². The second-order valence-electron chi connectivity index (χ2n) is 9.04. The molecule has 0 unspecified atom stereocenters. The standard InChI is InChI=1S/C27H28N4O4S/c1-6-34-24(32)21-16-36-25(29-21)31-23(17(2)22(30-31)18-10-8-7-9-11-18)19-12-14-20(15-13-19)28-26(33)35-27(3,4)5/h7-16H,6H2,1-5H3,(H,28,33). The predicted octanol–water partition coefficient (Wildman–Crippen LogP) is 6.49. The van der Waals surface area contributed by atoms with E-state index in [0.717, 1.165) is 28.1 Å². The maximum absolute atomic E-state index is 12.2. The van der Waals surface area contributed by atoms with Gasteiger partial charge in [0.15, 0.2) is 5.69 Å². The molecule has 2 heterocycles. The lowest BCUT2D eigenvalue weighted by Gasteiger charge is -2.19. The summed E-state index contributed by atoms with van der Waals surface area (Å²) in [6.07, 6.45) is -0.517. The van der Waals surface area contributed by atoms with Gasteiger partial charge in [-0.2, -0.15) is 5.10 Å². The molecule has 2 aromatic heterocycles. The third-order valence-corrected chi connectivity index (χ3v) is 5.95. The molecule has 0 radical (unpaired) electrons. The number of anilines is 1. The van der Waals surface area contributed by atoms with Crippen molar-refractivity contribution in [3.8, 4) is 27.6 Å². The Labute approximate surface area is 213 Å². The Morgan fingerprint density at radius 3 is 2.36 bits per heavy atom. The van der Waals surface area contributed by atoms with Crippen LogP contribution in [0.2, 0.25) is 0 Å². The van der Waals surface area contributed by atoms with Crippen LogP contribution in [0, 0.1) is 6.92 Å². The number of carbonyl (C=O) groups is 2. The first-order valence-corrected chi connectivity index (χ1v) is 12.4. The number of nitrogens with one attached hydrogen (secondary N) is 1. The Morgan fingerprint density at radius 2 is 1.72 bits per heavy atom. The minimum atomic E-state index is -0.586. The Bertz CT molecular complexity index is 1370. The van der Waals surface area contributed by atoms with E-state index in [9.17, 15) is 9.59 Å². The zero-order chi connectivity index (χ0) is 25.9. The Kier molecular flexibility index (Phi) is 7.21. The third-order valence-electron chi connectivity index (χ3n) is 5.13. The number of esters is 1. The van der Waals surface area contributed by atoms with Crippen molar-refractivity contribution >= 4 is 29.1 Å². The van der Waals surface area contributed by atoms with Gasteiger partial charge in [-0.15, -0.1) is 11.3 Å². The quantitative estimate of drug-likeness (QED) is 0.301. The number of carbonyl (C=O) groups excluding carboxylic acids is 2. The number of benzene rings is 2. The number of hydrogen-bond acceptors (Lipinski definition) is 7. The molecule has 8 nitrogen and oxygen atoms in total. The van der Waals surface area contributed by atoms with Crippen LogP contribution >= 0.6 is 11.3 Å². The van der Waals surface area contributed by atoms with E-state index >= 15 is 0 Å². The number of hydrogen-bond donors (Lipinski definition) is 1. The van der Waals surface area contributed by atoms with Gasteiger partial charge in [-0.1, -0.05) is 42.5 Å². The average Bonchev–Trinajstić information content (AvgIpc) is 3.44. The zero-order valence-electron chi connectivity index (χ0n) is 20.9. The molecule has 186 valence electrons. The number of amides is 1. The predicted molar refractivity (Wildman–Crippen MR) is 141 cm³/mol. The van der Waals surface area contributed by atoms with Crippen LogP contribution in [-0.2, 0) is 9.47 Å². The highest BCUT2D eigenvalue weighted by Gasteiger charge is 2.22. The first-order chi connectivity index (χ1) is 17.2. The van der Waals surface area contributed by atoms with Gasteiger partial charge in [0, 0.05) is 27.8 Å². The summed E-state index contributed by atoms with van der Waals surface area (Å²) in [6.45, 7) is 9.49. The maximum Gasteiger partial charge on any atom is 0.412 e. The molecule has 0 saturated heterocycles. The lowest BCUT2D eigenvalue weighted by molar-refractivity contribution is 0.0519. The van der Waals surface area contributed by atoms with Crippen LogP contribution < -0.4 is 5.32 Å². The van der Waals surface area contributed by atoms with Gasteiger partial charge in [-0.3, -0.25) is 5.32 Å². The topological polar surface area (TPSA) is 95.3 Å². The van der Waals surface area contributed by atoms with E-state index in [2.05, 4.69) is 10.3 Å². The monoisotopic (exact) mass is 504 g/mol. The van der Waals surface area contributed by atoms with Gasteiger partial charge < -0.3 is 9.47 Å². The van der Waals surface area contributed by atoms with E-state index < -0.39 is 17.7 Å². The van der Waals surface area contributed by atoms with Gasteiger partial charge in [-0.25, -0.2) is 19.3 Å². The molecular weight excluding hydrogens is 476 g/mol. The van der Waals surface area contributed by atoms with Gasteiger partial charge in [0.1, 0.15) is 5.60 Å². The molecule has 0 atom stereocenters. The maximum atomic E-state index is 12.2. The summed E-state index contributed by atoms with van der Waals surface area (Å²) < 4.78 is 12.2.